The molecule has 0 aliphatic carbocycles. The minimum absolute atomic E-state index is 0.428. The zero-order valence-electron chi connectivity index (χ0n) is 19.2. The Bertz CT molecular complexity index is 1100. The molecule has 0 spiro atoms. The van der Waals surface area contributed by atoms with E-state index in [0.717, 1.165) is 40.6 Å². The molecule has 0 atom stereocenters. The van der Waals surface area contributed by atoms with Crippen molar-refractivity contribution in [2.24, 2.45) is 0 Å². The summed E-state index contributed by atoms with van der Waals surface area (Å²) in [4.78, 5) is 2.37. The van der Waals surface area contributed by atoms with Crippen LogP contribution in [0.25, 0.3) is 0 Å². The molecule has 1 saturated heterocycles. The number of hydrogen-bond acceptors (Lipinski definition) is 4. The van der Waals surface area contributed by atoms with Crippen molar-refractivity contribution in [1.82, 2.24) is 0 Å². The third-order valence-electron chi connectivity index (χ3n) is 5.90. The zero-order chi connectivity index (χ0) is 23.2. The van der Waals surface area contributed by atoms with E-state index in [2.05, 4.69) is 41.4 Å². The number of hydrogen-bond donors (Lipinski definition) is 1. The highest BCUT2D eigenvalue weighted by atomic mass is 35.5. The number of anilines is 2. The molecule has 174 valence electrons. The Morgan fingerprint density at radius 1 is 0.909 bits per heavy atom. The number of piperidine rings is 1. The molecule has 1 fully saturated rings. The second-order valence-electron chi connectivity index (χ2n) is 8.45. The van der Waals surface area contributed by atoms with Gasteiger partial charge in [-0.25, -0.2) is 0 Å². The van der Waals surface area contributed by atoms with E-state index in [9.17, 15) is 0 Å². The maximum atomic E-state index is 6.59. The molecule has 3 aromatic carbocycles. The molecular weight excluding hydrogens is 455 g/mol. The van der Waals surface area contributed by atoms with Gasteiger partial charge in [-0.3, -0.25) is 0 Å². The Balaban J connectivity index is 1.42. The zero-order valence-corrected chi connectivity index (χ0v) is 20.7. The van der Waals surface area contributed by atoms with Crippen molar-refractivity contribution >= 4 is 34.6 Å². The second-order valence-corrected chi connectivity index (χ2v) is 9.27. The van der Waals surface area contributed by atoms with Gasteiger partial charge in [-0.05, 0) is 67.6 Å². The molecule has 1 aliphatic heterocycles. The highest BCUT2D eigenvalue weighted by molar-refractivity contribution is 6.33. The van der Waals surface area contributed by atoms with Gasteiger partial charge in [-0.15, -0.1) is 0 Å². The molecule has 0 radical (unpaired) electrons. The molecule has 0 aromatic heterocycles. The number of methoxy groups -OCH3 is 1. The van der Waals surface area contributed by atoms with Crippen molar-refractivity contribution in [3.8, 4) is 11.5 Å². The Morgan fingerprint density at radius 3 is 2.45 bits per heavy atom. The molecule has 4 rings (SSSR count). The van der Waals surface area contributed by atoms with E-state index in [4.69, 9.17) is 32.7 Å². The highest BCUT2D eigenvalue weighted by Gasteiger charge is 2.15. The number of rotatable bonds is 8. The molecule has 6 heteroatoms. The molecule has 33 heavy (non-hydrogen) atoms. The summed E-state index contributed by atoms with van der Waals surface area (Å²) in [5.41, 5.74) is 5.36. The maximum absolute atomic E-state index is 6.59. The lowest BCUT2D eigenvalue weighted by atomic mass is 10.1. The van der Waals surface area contributed by atoms with Crippen LogP contribution in [-0.2, 0) is 13.2 Å². The van der Waals surface area contributed by atoms with Crippen molar-refractivity contribution in [2.75, 3.05) is 30.4 Å². The Labute approximate surface area is 206 Å². The first kappa shape index (κ1) is 23.6. The van der Waals surface area contributed by atoms with Gasteiger partial charge >= 0.3 is 0 Å². The fourth-order valence-corrected chi connectivity index (χ4v) is 4.77. The first-order valence-corrected chi connectivity index (χ1v) is 12.1. The molecule has 1 aliphatic rings. The average Bonchev–Trinajstić information content (AvgIpc) is 2.82. The van der Waals surface area contributed by atoms with Gasteiger partial charge in [0, 0.05) is 25.3 Å². The van der Waals surface area contributed by atoms with Crippen LogP contribution in [0.2, 0.25) is 10.0 Å². The molecule has 0 unspecified atom stereocenters. The van der Waals surface area contributed by atoms with Gasteiger partial charge < -0.3 is 19.7 Å². The van der Waals surface area contributed by atoms with Crippen LogP contribution in [0.4, 0.5) is 11.4 Å². The molecule has 0 amide bonds. The summed E-state index contributed by atoms with van der Waals surface area (Å²) in [6.07, 6.45) is 3.75. The van der Waals surface area contributed by atoms with Gasteiger partial charge in [0.05, 0.1) is 22.8 Å². The molecule has 0 bridgehead atoms. The minimum Gasteiger partial charge on any atom is -0.493 e. The van der Waals surface area contributed by atoms with E-state index >= 15 is 0 Å². The van der Waals surface area contributed by atoms with Gasteiger partial charge in [0.1, 0.15) is 6.61 Å². The Morgan fingerprint density at radius 2 is 1.73 bits per heavy atom. The normalized spacial score (nSPS) is 13.6. The van der Waals surface area contributed by atoms with Crippen LogP contribution < -0.4 is 19.7 Å². The summed E-state index contributed by atoms with van der Waals surface area (Å²) in [5, 5.41) is 4.74. The molecule has 4 nitrogen and oxygen atoms in total. The largest absolute Gasteiger partial charge is 0.493 e. The standard InChI is InChI=1S/C27H30Cl2N2O2/c1-19-7-6-8-20(13-19)18-33-27-24(29)14-21(15-26(27)32-2)17-30-22-9-10-25(23(28)16-22)31-11-4-3-5-12-31/h6-10,13-16,30H,3-5,11-12,17-18H2,1-2H3. The number of ether oxygens (including phenoxy) is 2. The van der Waals surface area contributed by atoms with Crippen molar-refractivity contribution in [1.29, 1.82) is 0 Å². The van der Waals surface area contributed by atoms with E-state index in [1.165, 1.54) is 24.8 Å². The van der Waals surface area contributed by atoms with Crippen LogP contribution in [0.5, 0.6) is 11.5 Å². The van der Waals surface area contributed by atoms with Crippen molar-refractivity contribution in [2.45, 2.75) is 39.3 Å². The first-order chi connectivity index (χ1) is 16.0. The lowest BCUT2D eigenvalue weighted by Crippen LogP contribution is -2.29. The molecule has 3 aromatic rings. The summed E-state index contributed by atoms with van der Waals surface area (Å²) in [6.45, 7) is 5.23. The fraction of sp³-hybridized carbons (Fsp3) is 0.333. The summed E-state index contributed by atoms with van der Waals surface area (Å²) in [5.74, 6) is 1.17. The van der Waals surface area contributed by atoms with Gasteiger partial charge in [-0.2, -0.15) is 0 Å². The predicted octanol–water partition coefficient (Wildman–Crippen LogP) is 7.49. The number of benzene rings is 3. The van der Waals surface area contributed by atoms with Gasteiger partial charge in [0.25, 0.3) is 0 Å². The van der Waals surface area contributed by atoms with Gasteiger partial charge in [0.2, 0.25) is 0 Å². The fourth-order valence-electron chi connectivity index (χ4n) is 4.19. The van der Waals surface area contributed by atoms with E-state index in [1.54, 1.807) is 7.11 Å². The summed E-state index contributed by atoms with van der Waals surface area (Å²) < 4.78 is 11.6. The van der Waals surface area contributed by atoms with Crippen LogP contribution in [0.15, 0.2) is 54.6 Å². The molecule has 1 heterocycles. The van der Waals surface area contributed by atoms with Crippen LogP contribution in [0, 0.1) is 6.92 Å². The quantitative estimate of drug-likeness (QED) is 0.358. The van der Waals surface area contributed by atoms with Crippen molar-refractivity contribution < 1.29 is 9.47 Å². The Hall–Kier alpha value is -2.56. The number of aryl methyl sites for hydroxylation is 1. The molecule has 0 saturated carbocycles. The van der Waals surface area contributed by atoms with Gasteiger partial charge in [-0.1, -0.05) is 53.0 Å². The van der Waals surface area contributed by atoms with E-state index in [-0.39, 0.29) is 0 Å². The number of nitrogens with zero attached hydrogens (tertiary/aromatic N) is 1. The number of nitrogens with one attached hydrogen (secondary N) is 1. The Kier molecular flexibility index (Phi) is 7.89. The minimum atomic E-state index is 0.428. The lowest BCUT2D eigenvalue weighted by molar-refractivity contribution is 0.284. The average molecular weight is 485 g/mol. The third kappa shape index (κ3) is 6.07. The van der Waals surface area contributed by atoms with Crippen molar-refractivity contribution in [3.63, 3.8) is 0 Å². The van der Waals surface area contributed by atoms with E-state index in [0.29, 0.717) is 29.7 Å². The van der Waals surface area contributed by atoms with Crippen molar-refractivity contribution in [3.05, 3.63) is 81.3 Å². The highest BCUT2D eigenvalue weighted by Crippen LogP contribution is 2.37. The van der Waals surface area contributed by atoms with Crippen LogP contribution in [0.1, 0.15) is 36.0 Å². The summed E-state index contributed by atoms with van der Waals surface area (Å²) in [7, 11) is 1.63. The monoisotopic (exact) mass is 484 g/mol. The number of halogens is 2. The van der Waals surface area contributed by atoms with Gasteiger partial charge in [0.15, 0.2) is 11.5 Å². The van der Waals surface area contributed by atoms with Crippen LogP contribution >= 0.6 is 23.2 Å². The first-order valence-electron chi connectivity index (χ1n) is 11.4. The maximum Gasteiger partial charge on any atom is 0.180 e. The third-order valence-corrected chi connectivity index (χ3v) is 6.48. The molecular formula is C27H30Cl2N2O2. The summed E-state index contributed by atoms with van der Waals surface area (Å²) in [6, 6.07) is 18.2. The lowest BCUT2D eigenvalue weighted by Gasteiger charge is -2.29. The topological polar surface area (TPSA) is 33.7 Å². The van der Waals surface area contributed by atoms with Crippen LogP contribution in [0.3, 0.4) is 0 Å². The van der Waals surface area contributed by atoms with E-state index in [1.807, 2.05) is 30.3 Å². The SMILES string of the molecule is COc1cc(CNc2ccc(N3CCCCC3)c(Cl)c2)cc(Cl)c1OCc1cccc(C)c1. The molecule has 1 N–H and O–H groups in total. The predicted molar refractivity (Wildman–Crippen MR) is 138 cm³/mol. The summed E-state index contributed by atoms with van der Waals surface area (Å²) >= 11 is 13.2. The van der Waals surface area contributed by atoms with E-state index < -0.39 is 0 Å². The smallest absolute Gasteiger partial charge is 0.180 e. The second kappa shape index (κ2) is 11.0. The van der Waals surface area contributed by atoms with Crippen LogP contribution in [-0.4, -0.2) is 20.2 Å².